The Morgan fingerprint density at radius 3 is 2.75 bits per heavy atom. The minimum atomic E-state index is -3.12. The van der Waals surface area contributed by atoms with E-state index < -0.39 is 21.8 Å². The molecular formula is C10H17NO4S. The maximum Gasteiger partial charge on any atom is 0.320 e. The van der Waals surface area contributed by atoms with Gasteiger partial charge in [0.25, 0.3) is 0 Å². The van der Waals surface area contributed by atoms with Gasteiger partial charge in [-0.1, -0.05) is 25.8 Å². The molecule has 6 heteroatoms. The first kappa shape index (κ1) is 13.2. The van der Waals surface area contributed by atoms with Crippen LogP contribution in [0.3, 0.4) is 0 Å². The van der Waals surface area contributed by atoms with Crippen molar-refractivity contribution in [1.29, 1.82) is 0 Å². The summed E-state index contributed by atoms with van der Waals surface area (Å²) in [7, 11) is -3.12. The monoisotopic (exact) mass is 247 g/mol. The van der Waals surface area contributed by atoms with E-state index in [4.69, 9.17) is 5.11 Å². The summed E-state index contributed by atoms with van der Waals surface area (Å²) in [4.78, 5) is 10.9. The maximum absolute atomic E-state index is 11.1. The third-order valence-electron chi connectivity index (χ3n) is 2.49. The van der Waals surface area contributed by atoms with Crippen LogP contribution in [0.5, 0.6) is 0 Å². The van der Waals surface area contributed by atoms with Crippen LogP contribution in [-0.4, -0.2) is 37.3 Å². The lowest BCUT2D eigenvalue weighted by atomic mass is 10.1. The van der Waals surface area contributed by atoms with Crippen LogP contribution in [0.4, 0.5) is 0 Å². The van der Waals surface area contributed by atoms with Crippen molar-refractivity contribution in [2.75, 3.05) is 5.75 Å². The number of sulfone groups is 1. The third kappa shape index (κ3) is 3.94. The summed E-state index contributed by atoms with van der Waals surface area (Å²) in [6.45, 7) is 1.98. The fourth-order valence-electron chi connectivity index (χ4n) is 1.62. The van der Waals surface area contributed by atoms with Crippen molar-refractivity contribution in [2.24, 2.45) is 0 Å². The molecule has 2 N–H and O–H groups in total. The molecule has 2 atom stereocenters. The van der Waals surface area contributed by atoms with Gasteiger partial charge in [-0.3, -0.25) is 10.1 Å². The van der Waals surface area contributed by atoms with Crippen molar-refractivity contribution in [2.45, 2.75) is 38.3 Å². The maximum atomic E-state index is 11.1. The lowest BCUT2D eigenvalue weighted by Gasteiger charge is -2.17. The standard InChI is InChI=1S/C10H17NO4S/c1-2-3-4-9(10(12)13)11-8-5-6-16(14,15)7-8/h5-6,8-9,11H,2-4,7H2,1H3,(H,12,13). The zero-order valence-electron chi connectivity index (χ0n) is 9.22. The summed E-state index contributed by atoms with van der Waals surface area (Å²) in [5.41, 5.74) is 0. The Morgan fingerprint density at radius 2 is 2.31 bits per heavy atom. The molecular weight excluding hydrogens is 230 g/mol. The zero-order chi connectivity index (χ0) is 12.2. The molecule has 0 saturated heterocycles. The van der Waals surface area contributed by atoms with Crippen molar-refractivity contribution in [3.05, 3.63) is 11.5 Å². The van der Waals surface area contributed by atoms with E-state index in [1.54, 1.807) is 0 Å². The highest BCUT2D eigenvalue weighted by Crippen LogP contribution is 2.10. The van der Waals surface area contributed by atoms with Crippen LogP contribution in [0.2, 0.25) is 0 Å². The number of nitrogens with one attached hydrogen (secondary N) is 1. The molecule has 0 spiro atoms. The van der Waals surface area contributed by atoms with Crippen LogP contribution in [0, 0.1) is 0 Å². The van der Waals surface area contributed by atoms with Gasteiger partial charge in [-0.2, -0.15) is 0 Å². The molecule has 0 radical (unpaired) electrons. The van der Waals surface area contributed by atoms with Crippen LogP contribution in [-0.2, 0) is 14.6 Å². The highest BCUT2D eigenvalue weighted by atomic mass is 32.2. The second kappa shape index (κ2) is 5.45. The van der Waals surface area contributed by atoms with E-state index in [0.29, 0.717) is 6.42 Å². The number of hydrogen-bond donors (Lipinski definition) is 2. The molecule has 1 aliphatic heterocycles. The van der Waals surface area contributed by atoms with E-state index in [0.717, 1.165) is 18.2 Å². The van der Waals surface area contributed by atoms with E-state index in [-0.39, 0.29) is 11.8 Å². The molecule has 5 nitrogen and oxygen atoms in total. The predicted molar refractivity (Wildman–Crippen MR) is 60.8 cm³/mol. The topological polar surface area (TPSA) is 83.5 Å². The first-order valence-corrected chi connectivity index (χ1v) is 7.06. The molecule has 1 rings (SSSR count). The van der Waals surface area contributed by atoms with Gasteiger partial charge in [0.1, 0.15) is 6.04 Å². The molecule has 0 aromatic rings. The summed E-state index contributed by atoms with van der Waals surface area (Å²) in [6.07, 6.45) is 3.77. The van der Waals surface area contributed by atoms with Gasteiger partial charge in [-0.15, -0.1) is 0 Å². The Kier molecular flexibility index (Phi) is 4.49. The number of rotatable bonds is 6. The molecule has 0 bridgehead atoms. The highest BCUT2D eigenvalue weighted by molar-refractivity contribution is 7.94. The average Bonchev–Trinajstić information content (AvgIpc) is 2.52. The SMILES string of the molecule is CCCCC(NC1C=CS(=O)(=O)C1)C(=O)O. The Balaban J connectivity index is 2.50. The minimum Gasteiger partial charge on any atom is -0.480 e. The molecule has 16 heavy (non-hydrogen) atoms. The number of aliphatic carboxylic acids is 1. The number of carboxylic acid groups (broad SMARTS) is 1. The van der Waals surface area contributed by atoms with Crippen molar-refractivity contribution in [3.8, 4) is 0 Å². The van der Waals surface area contributed by atoms with Crippen molar-refractivity contribution in [3.63, 3.8) is 0 Å². The van der Waals surface area contributed by atoms with E-state index in [1.807, 2.05) is 6.92 Å². The first-order chi connectivity index (χ1) is 7.44. The number of carboxylic acids is 1. The minimum absolute atomic E-state index is 0.0388. The number of unbranched alkanes of at least 4 members (excludes halogenated alkanes) is 1. The Morgan fingerprint density at radius 1 is 1.62 bits per heavy atom. The van der Waals surface area contributed by atoms with Gasteiger partial charge < -0.3 is 5.11 Å². The molecule has 0 amide bonds. The summed E-state index contributed by atoms with van der Waals surface area (Å²) < 4.78 is 22.3. The normalized spacial score (nSPS) is 24.4. The van der Waals surface area contributed by atoms with Crippen LogP contribution < -0.4 is 5.32 Å². The van der Waals surface area contributed by atoms with Gasteiger partial charge in [-0.05, 0) is 6.42 Å². The zero-order valence-corrected chi connectivity index (χ0v) is 10.0. The third-order valence-corrected chi connectivity index (χ3v) is 3.89. The quantitative estimate of drug-likeness (QED) is 0.715. The van der Waals surface area contributed by atoms with E-state index in [2.05, 4.69) is 5.32 Å². The predicted octanol–water partition coefficient (Wildman–Crippen LogP) is 0.530. The van der Waals surface area contributed by atoms with E-state index >= 15 is 0 Å². The molecule has 92 valence electrons. The van der Waals surface area contributed by atoms with Crippen LogP contribution in [0.15, 0.2) is 11.5 Å². The van der Waals surface area contributed by atoms with Gasteiger partial charge in [0.15, 0.2) is 9.84 Å². The van der Waals surface area contributed by atoms with Crippen LogP contribution in [0.25, 0.3) is 0 Å². The smallest absolute Gasteiger partial charge is 0.320 e. The summed E-state index contributed by atoms with van der Waals surface area (Å²) in [5.74, 6) is -0.964. The van der Waals surface area contributed by atoms with Gasteiger partial charge in [0.05, 0.1) is 5.75 Å². The molecule has 2 unspecified atom stereocenters. The molecule has 0 aliphatic carbocycles. The fourth-order valence-corrected chi connectivity index (χ4v) is 2.87. The molecule has 1 aliphatic rings. The molecule has 1 heterocycles. The lowest BCUT2D eigenvalue weighted by molar-refractivity contribution is -0.139. The van der Waals surface area contributed by atoms with Crippen molar-refractivity contribution in [1.82, 2.24) is 5.32 Å². The van der Waals surface area contributed by atoms with Gasteiger partial charge in [0, 0.05) is 11.4 Å². The summed E-state index contributed by atoms with van der Waals surface area (Å²) >= 11 is 0. The Labute approximate surface area is 95.5 Å². The largest absolute Gasteiger partial charge is 0.480 e. The van der Waals surface area contributed by atoms with Gasteiger partial charge in [0.2, 0.25) is 0 Å². The van der Waals surface area contributed by atoms with E-state index in [9.17, 15) is 13.2 Å². The van der Waals surface area contributed by atoms with Gasteiger partial charge in [-0.25, -0.2) is 8.42 Å². The summed E-state index contributed by atoms with van der Waals surface area (Å²) in [6, 6.07) is -1.04. The Bertz CT molecular complexity index is 374. The van der Waals surface area contributed by atoms with Crippen LogP contribution >= 0.6 is 0 Å². The molecule has 0 saturated carbocycles. The second-order valence-electron chi connectivity index (χ2n) is 3.96. The molecule has 0 aromatic carbocycles. The second-order valence-corrected chi connectivity index (χ2v) is 5.90. The van der Waals surface area contributed by atoms with Crippen molar-refractivity contribution >= 4 is 15.8 Å². The van der Waals surface area contributed by atoms with Gasteiger partial charge >= 0.3 is 5.97 Å². The average molecular weight is 247 g/mol. The summed E-state index contributed by atoms with van der Waals surface area (Å²) in [5, 5.41) is 12.9. The number of hydrogen-bond acceptors (Lipinski definition) is 4. The van der Waals surface area contributed by atoms with Crippen molar-refractivity contribution < 1.29 is 18.3 Å². The lowest BCUT2D eigenvalue weighted by Crippen LogP contribution is -2.43. The Hall–Kier alpha value is -0.880. The number of carbonyl (C=O) groups is 1. The fraction of sp³-hybridized carbons (Fsp3) is 0.700. The molecule has 0 aromatic heterocycles. The molecule has 0 fully saturated rings. The van der Waals surface area contributed by atoms with Crippen LogP contribution in [0.1, 0.15) is 26.2 Å². The van der Waals surface area contributed by atoms with E-state index in [1.165, 1.54) is 6.08 Å². The first-order valence-electron chi connectivity index (χ1n) is 5.34. The highest BCUT2D eigenvalue weighted by Gasteiger charge is 2.26.